The molecular weight excluding hydrogens is 253 g/mol. The first kappa shape index (κ1) is 12.7. The fourth-order valence-electron chi connectivity index (χ4n) is 1.65. The van der Waals surface area contributed by atoms with Crippen molar-refractivity contribution >= 4 is 17.4 Å². The molecule has 2 nitrogen and oxygen atoms in total. The van der Waals surface area contributed by atoms with Crippen LogP contribution < -0.4 is 0 Å². The second kappa shape index (κ2) is 5.74. The monoisotopic (exact) mass is 263 g/mol. The third kappa shape index (κ3) is 3.37. The zero-order chi connectivity index (χ0) is 13.0. The lowest BCUT2D eigenvalue weighted by atomic mass is 10.0. The molecule has 0 aliphatic carbocycles. The number of carbonyl (C=O) groups excluding carboxylic acids is 1. The molecule has 18 heavy (non-hydrogen) atoms. The van der Waals surface area contributed by atoms with Gasteiger partial charge in [0.15, 0.2) is 0 Å². The minimum Gasteiger partial charge on any atom is -0.299 e. The Morgan fingerprint density at radius 3 is 2.56 bits per heavy atom. The summed E-state index contributed by atoms with van der Waals surface area (Å²) in [5.74, 6) is -0.266. The van der Waals surface area contributed by atoms with E-state index in [9.17, 15) is 9.18 Å². The van der Waals surface area contributed by atoms with Crippen LogP contribution in [0.3, 0.4) is 0 Å². The maximum Gasteiger partial charge on any atom is 0.141 e. The van der Waals surface area contributed by atoms with Crippen molar-refractivity contribution in [2.45, 2.75) is 12.8 Å². The van der Waals surface area contributed by atoms with Crippen molar-refractivity contribution in [3.8, 4) is 0 Å². The lowest BCUT2D eigenvalue weighted by Crippen LogP contribution is -2.07. The molecule has 1 heterocycles. The molecule has 0 saturated carbocycles. The molecule has 0 bridgehead atoms. The van der Waals surface area contributed by atoms with Crippen LogP contribution in [0.2, 0.25) is 5.02 Å². The Labute approximate surface area is 109 Å². The van der Waals surface area contributed by atoms with E-state index in [2.05, 4.69) is 4.98 Å². The predicted octanol–water partition coefficient (Wildman–Crippen LogP) is 3.23. The topological polar surface area (TPSA) is 30.0 Å². The van der Waals surface area contributed by atoms with E-state index < -0.39 is 0 Å². The summed E-state index contributed by atoms with van der Waals surface area (Å²) in [5.41, 5.74) is 1.56. The van der Waals surface area contributed by atoms with Gasteiger partial charge in [-0.2, -0.15) is 0 Å². The Morgan fingerprint density at radius 2 is 1.89 bits per heavy atom. The van der Waals surface area contributed by atoms with Gasteiger partial charge in [0.25, 0.3) is 0 Å². The van der Waals surface area contributed by atoms with Crippen molar-refractivity contribution in [3.63, 3.8) is 0 Å². The quantitative estimate of drug-likeness (QED) is 0.848. The molecule has 0 atom stereocenters. The van der Waals surface area contributed by atoms with Gasteiger partial charge in [0.1, 0.15) is 11.6 Å². The van der Waals surface area contributed by atoms with Gasteiger partial charge in [0.2, 0.25) is 0 Å². The summed E-state index contributed by atoms with van der Waals surface area (Å²) >= 11 is 5.93. The largest absolute Gasteiger partial charge is 0.299 e. The first-order chi connectivity index (χ1) is 8.65. The molecule has 0 spiro atoms. The van der Waals surface area contributed by atoms with Gasteiger partial charge >= 0.3 is 0 Å². The van der Waals surface area contributed by atoms with Crippen molar-refractivity contribution in [1.82, 2.24) is 4.98 Å². The van der Waals surface area contributed by atoms with Crippen LogP contribution in [-0.4, -0.2) is 10.8 Å². The molecule has 2 rings (SSSR count). The second-order valence-corrected chi connectivity index (χ2v) is 4.39. The number of Topliss-reactive ketones (excluding diaryl/α,β-unsaturated/α-hetero) is 1. The number of carbonyl (C=O) groups is 1. The van der Waals surface area contributed by atoms with Gasteiger partial charge in [-0.15, -0.1) is 0 Å². The highest BCUT2D eigenvalue weighted by molar-refractivity contribution is 6.31. The number of nitrogens with zero attached hydrogens (tertiary/aromatic N) is 1. The summed E-state index contributed by atoms with van der Waals surface area (Å²) in [5, 5.41) is 0.491. The van der Waals surface area contributed by atoms with Crippen molar-refractivity contribution in [1.29, 1.82) is 0 Å². The molecule has 0 aliphatic rings. The third-order valence-corrected chi connectivity index (χ3v) is 2.90. The third-order valence-electron chi connectivity index (χ3n) is 2.56. The van der Waals surface area contributed by atoms with E-state index in [1.807, 2.05) is 0 Å². The molecule has 0 fully saturated rings. The van der Waals surface area contributed by atoms with Crippen LogP contribution in [0.25, 0.3) is 0 Å². The zero-order valence-electron chi connectivity index (χ0n) is 9.57. The normalized spacial score (nSPS) is 10.3. The number of hydrogen-bond acceptors (Lipinski definition) is 2. The first-order valence-electron chi connectivity index (χ1n) is 5.49. The zero-order valence-corrected chi connectivity index (χ0v) is 10.3. The average molecular weight is 264 g/mol. The van der Waals surface area contributed by atoms with E-state index in [1.165, 1.54) is 18.3 Å². The summed E-state index contributed by atoms with van der Waals surface area (Å²) in [6.45, 7) is 0. The van der Waals surface area contributed by atoms with Crippen LogP contribution in [0.4, 0.5) is 4.39 Å². The second-order valence-electron chi connectivity index (χ2n) is 3.99. The Kier molecular flexibility index (Phi) is 4.05. The van der Waals surface area contributed by atoms with Crippen LogP contribution in [0.1, 0.15) is 11.1 Å². The predicted molar refractivity (Wildman–Crippen MR) is 68.1 cm³/mol. The van der Waals surface area contributed by atoms with E-state index in [-0.39, 0.29) is 24.4 Å². The number of aromatic nitrogens is 1. The Hall–Kier alpha value is -1.74. The number of halogens is 2. The maximum absolute atomic E-state index is 12.7. The van der Waals surface area contributed by atoms with Crippen LogP contribution in [0.15, 0.2) is 42.7 Å². The Balaban J connectivity index is 2.01. The molecule has 0 radical (unpaired) electrons. The van der Waals surface area contributed by atoms with Gasteiger partial charge in [-0.25, -0.2) is 4.39 Å². The Bertz CT molecular complexity index is 554. The van der Waals surface area contributed by atoms with E-state index in [4.69, 9.17) is 11.6 Å². The summed E-state index contributed by atoms with van der Waals surface area (Å²) in [7, 11) is 0. The number of hydrogen-bond donors (Lipinski definition) is 0. The molecule has 1 aromatic carbocycles. The van der Waals surface area contributed by atoms with Gasteiger partial charge in [-0.1, -0.05) is 23.7 Å². The number of benzene rings is 1. The van der Waals surface area contributed by atoms with Gasteiger partial charge in [0.05, 0.1) is 5.02 Å². The minimum atomic E-state index is -0.302. The standard InChI is InChI=1S/C14H11ClFNO/c15-14-9-17-6-5-11(14)8-13(18)7-10-1-3-12(16)4-2-10/h1-6,9H,7-8H2. The van der Waals surface area contributed by atoms with E-state index in [0.29, 0.717) is 5.02 Å². The van der Waals surface area contributed by atoms with Gasteiger partial charge in [-0.05, 0) is 29.3 Å². The molecular formula is C14H11ClFNO. The van der Waals surface area contributed by atoms with Crippen molar-refractivity contribution in [2.24, 2.45) is 0 Å². The van der Waals surface area contributed by atoms with Crippen LogP contribution in [0.5, 0.6) is 0 Å². The number of rotatable bonds is 4. The molecule has 0 unspecified atom stereocenters. The van der Waals surface area contributed by atoms with Crippen LogP contribution in [0, 0.1) is 5.82 Å². The highest BCUT2D eigenvalue weighted by atomic mass is 35.5. The lowest BCUT2D eigenvalue weighted by molar-refractivity contribution is -0.117. The molecule has 0 saturated heterocycles. The molecule has 0 N–H and O–H groups in total. The molecule has 2 aromatic rings. The summed E-state index contributed by atoms with van der Waals surface area (Å²) in [6.07, 6.45) is 3.66. The van der Waals surface area contributed by atoms with Crippen LogP contribution in [-0.2, 0) is 17.6 Å². The highest BCUT2D eigenvalue weighted by Crippen LogP contribution is 2.15. The van der Waals surface area contributed by atoms with Crippen molar-refractivity contribution in [2.75, 3.05) is 0 Å². The van der Waals surface area contributed by atoms with Gasteiger partial charge < -0.3 is 0 Å². The lowest BCUT2D eigenvalue weighted by Gasteiger charge is -2.03. The summed E-state index contributed by atoms with van der Waals surface area (Å²) in [6, 6.07) is 7.65. The first-order valence-corrected chi connectivity index (χ1v) is 5.87. The smallest absolute Gasteiger partial charge is 0.141 e. The van der Waals surface area contributed by atoms with E-state index >= 15 is 0 Å². The van der Waals surface area contributed by atoms with Crippen molar-refractivity contribution < 1.29 is 9.18 Å². The highest BCUT2D eigenvalue weighted by Gasteiger charge is 2.08. The Morgan fingerprint density at radius 1 is 1.17 bits per heavy atom. The summed E-state index contributed by atoms with van der Waals surface area (Å²) in [4.78, 5) is 15.7. The van der Waals surface area contributed by atoms with E-state index in [1.54, 1.807) is 24.4 Å². The summed E-state index contributed by atoms with van der Waals surface area (Å²) < 4.78 is 12.7. The SMILES string of the molecule is O=C(Cc1ccc(F)cc1)Cc1ccncc1Cl. The van der Waals surface area contributed by atoms with Crippen molar-refractivity contribution in [3.05, 3.63) is 64.7 Å². The van der Waals surface area contributed by atoms with Gasteiger partial charge in [0, 0.05) is 25.2 Å². The minimum absolute atomic E-state index is 0.0368. The molecule has 4 heteroatoms. The fraction of sp³-hybridized carbons (Fsp3) is 0.143. The van der Waals surface area contributed by atoms with E-state index in [0.717, 1.165) is 11.1 Å². The molecule has 0 aliphatic heterocycles. The number of ketones is 1. The molecule has 1 aromatic heterocycles. The fourth-order valence-corrected chi connectivity index (χ4v) is 1.84. The molecule has 0 amide bonds. The number of pyridine rings is 1. The van der Waals surface area contributed by atoms with Gasteiger partial charge in [-0.3, -0.25) is 9.78 Å². The average Bonchev–Trinajstić information content (AvgIpc) is 2.35. The van der Waals surface area contributed by atoms with Crippen LogP contribution >= 0.6 is 11.6 Å². The maximum atomic E-state index is 12.7. The molecule has 92 valence electrons.